The van der Waals surface area contributed by atoms with Crippen molar-refractivity contribution in [3.05, 3.63) is 29.6 Å². The van der Waals surface area contributed by atoms with Gasteiger partial charge in [0.1, 0.15) is 6.23 Å². The number of hydrogen-bond acceptors (Lipinski definition) is 3. The van der Waals surface area contributed by atoms with E-state index in [0.717, 1.165) is 42.7 Å². The molecule has 6 rings (SSSR count). The Morgan fingerprint density at radius 1 is 1.16 bits per heavy atom. The molecule has 0 aromatic carbocycles. The number of pyridine rings is 1. The van der Waals surface area contributed by atoms with Crippen LogP contribution in [0.5, 0.6) is 0 Å². The van der Waals surface area contributed by atoms with Crippen molar-refractivity contribution in [2.24, 2.45) is 29.6 Å². The van der Waals surface area contributed by atoms with Crippen LogP contribution in [0.1, 0.15) is 69.5 Å². The van der Waals surface area contributed by atoms with E-state index in [-0.39, 0.29) is 0 Å². The lowest BCUT2D eigenvalue weighted by molar-refractivity contribution is -0.0986. The van der Waals surface area contributed by atoms with E-state index in [1.807, 2.05) is 6.20 Å². The fourth-order valence-electron chi connectivity index (χ4n) is 6.79. The van der Waals surface area contributed by atoms with Crippen LogP contribution in [0.4, 0.5) is 0 Å². The summed E-state index contributed by atoms with van der Waals surface area (Å²) >= 11 is 0. The highest BCUT2D eigenvalue weighted by Gasteiger charge is 2.55. The second-order valence-corrected chi connectivity index (χ2v) is 9.43. The quantitative estimate of drug-likeness (QED) is 0.786. The van der Waals surface area contributed by atoms with Gasteiger partial charge in [-0.3, -0.25) is 9.88 Å². The van der Waals surface area contributed by atoms with E-state index in [9.17, 15) is 0 Å². The molecule has 136 valence electrons. The summed E-state index contributed by atoms with van der Waals surface area (Å²) in [7, 11) is 0. The second kappa shape index (κ2) is 6.06. The van der Waals surface area contributed by atoms with Crippen LogP contribution in [0.15, 0.2) is 18.5 Å². The van der Waals surface area contributed by atoms with Gasteiger partial charge in [0.15, 0.2) is 0 Å². The van der Waals surface area contributed by atoms with Crippen LogP contribution in [-0.2, 0) is 4.74 Å². The van der Waals surface area contributed by atoms with Gasteiger partial charge in [0.25, 0.3) is 0 Å². The molecule has 7 atom stereocenters. The SMILES string of the molecule is CC(C)[C@@H]1CC[C@@H](C)C[C@H]1C1C[C@H]2c3cnccc3[C@@H]1C1OCCN12. The van der Waals surface area contributed by atoms with Gasteiger partial charge in [-0.15, -0.1) is 0 Å². The van der Waals surface area contributed by atoms with Gasteiger partial charge in [-0.2, -0.15) is 0 Å². The molecule has 0 amide bonds. The standard InChI is InChI=1S/C22H32N2O/c1-13(2)15-5-4-14(3)10-17(15)18-11-20-19-12-23-7-6-16(19)21(18)22-24(20)8-9-25-22/h6-7,12-15,17-18,20-22H,4-5,8-11H2,1-3H3/t14-,15+,17-,18?,20+,21+,22?/m1/s1. The molecule has 3 heteroatoms. The van der Waals surface area contributed by atoms with E-state index in [1.54, 1.807) is 5.56 Å². The van der Waals surface area contributed by atoms with Crippen molar-refractivity contribution < 1.29 is 4.74 Å². The number of fused-ring (bicyclic) bond motifs is 1. The monoisotopic (exact) mass is 340 g/mol. The van der Waals surface area contributed by atoms with Crippen molar-refractivity contribution in [1.82, 2.24) is 9.88 Å². The smallest absolute Gasteiger partial charge is 0.118 e. The Balaban J connectivity index is 1.55. The molecular formula is C22H32N2O. The van der Waals surface area contributed by atoms with Gasteiger partial charge in [0.2, 0.25) is 0 Å². The van der Waals surface area contributed by atoms with E-state index in [4.69, 9.17) is 4.74 Å². The molecule has 2 aliphatic carbocycles. The third kappa shape index (κ3) is 2.42. The first-order valence-corrected chi connectivity index (χ1v) is 10.5. The predicted molar refractivity (Wildman–Crippen MR) is 99.1 cm³/mol. The highest BCUT2D eigenvalue weighted by molar-refractivity contribution is 5.38. The van der Waals surface area contributed by atoms with E-state index in [1.165, 1.54) is 31.2 Å². The van der Waals surface area contributed by atoms with E-state index >= 15 is 0 Å². The molecule has 0 radical (unpaired) electrons. The summed E-state index contributed by atoms with van der Waals surface area (Å²) in [6.07, 6.45) is 10.1. The van der Waals surface area contributed by atoms with Gasteiger partial charge in [0.05, 0.1) is 6.61 Å². The zero-order valence-electron chi connectivity index (χ0n) is 15.9. The summed E-state index contributed by atoms with van der Waals surface area (Å²) < 4.78 is 6.30. The molecule has 1 aromatic heterocycles. The molecular weight excluding hydrogens is 308 g/mol. The largest absolute Gasteiger partial charge is 0.361 e. The summed E-state index contributed by atoms with van der Waals surface area (Å²) in [5.41, 5.74) is 3.05. The first kappa shape index (κ1) is 16.3. The molecule has 2 saturated heterocycles. The first-order valence-electron chi connectivity index (χ1n) is 10.5. The molecule has 0 N–H and O–H groups in total. The summed E-state index contributed by atoms with van der Waals surface area (Å²) in [5, 5.41) is 0. The highest BCUT2D eigenvalue weighted by atomic mass is 16.5. The lowest BCUT2D eigenvalue weighted by Gasteiger charge is -2.56. The van der Waals surface area contributed by atoms with Crippen LogP contribution in [0, 0.1) is 29.6 Å². The van der Waals surface area contributed by atoms with Gasteiger partial charge >= 0.3 is 0 Å². The molecule has 4 heterocycles. The molecule has 25 heavy (non-hydrogen) atoms. The highest BCUT2D eigenvalue weighted by Crippen LogP contribution is 2.59. The van der Waals surface area contributed by atoms with Crippen molar-refractivity contribution in [2.75, 3.05) is 13.2 Å². The molecule has 0 spiro atoms. The summed E-state index contributed by atoms with van der Waals surface area (Å²) in [4.78, 5) is 7.10. The minimum Gasteiger partial charge on any atom is -0.361 e. The maximum absolute atomic E-state index is 6.30. The van der Waals surface area contributed by atoms with Crippen molar-refractivity contribution in [1.29, 1.82) is 0 Å². The Morgan fingerprint density at radius 2 is 2.04 bits per heavy atom. The van der Waals surface area contributed by atoms with Gasteiger partial charge in [-0.25, -0.2) is 0 Å². The normalized spacial score (nSPS) is 43.3. The summed E-state index contributed by atoms with van der Waals surface area (Å²) in [5.74, 6) is 4.79. The van der Waals surface area contributed by atoms with Crippen LogP contribution < -0.4 is 0 Å². The fourth-order valence-corrected chi connectivity index (χ4v) is 6.79. The molecule has 2 bridgehead atoms. The number of aromatic nitrogens is 1. The molecule has 5 aliphatic rings. The van der Waals surface area contributed by atoms with E-state index in [0.29, 0.717) is 18.2 Å². The van der Waals surface area contributed by atoms with Crippen molar-refractivity contribution >= 4 is 0 Å². The first-order chi connectivity index (χ1) is 12.1. The molecule has 3 nitrogen and oxygen atoms in total. The predicted octanol–water partition coefficient (Wildman–Crippen LogP) is 4.61. The topological polar surface area (TPSA) is 25.4 Å². The maximum atomic E-state index is 6.30. The van der Waals surface area contributed by atoms with E-state index in [2.05, 4.69) is 42.9 Å². The van der Waals surface area contributed by atoms with Gasteiger partial charge in [-0.05, 0) is 66.0 Å². The summed E-state index contributed by atoms with van der Waals surface area (Å²) in [6, 6.07) is 2.84. The van der Waals surface area contributed by atoms with E-state index < -0.39 is 0 Å². The third-order valence-corrected chi connectivity index (χ3v) is 7.86. The molecule has 3 fully saturated rings. The average molecular weight is 341 g/mol. The maximum Gasteiger partial charge on any atom is 0.118 e. The Morgan fingerprint density at radius 3 is 2.88 bits per heavy atom. The lowest BCUT2D eigenvalue weighted by Crippen LogP contribution is -2.54. The van der Waals surface area contributed by atoms with Gasteiger partial charge in [0, 0.05) is 30.9 Å². The lowest BCUT2D eigenvalue weighted by atomic mass is 9.56. The van der Waals surface area contributed by atoms with Crippen LogP contribution in [-0.4, -0.2) is 29.3 Å². The minimum absolute atomic E-state index is 0.323. The zero-order chi connectivity index (χ0) is 17.1. The Labute approximate surface area is 152 Å². The summed E-state index contributed by atoms with van der Waals surface area (Å²) in [6.45, 7) is 9.37. The zero-order valence-corrected chi connectivity index (χ0v) is 15.9. The van der Waals surface area contributed by atoms with Gasteiger partial charge < -0.3 is 4.74 Å². The number of hydrogen-bond donors (Lipinski definition) is 0. The Hall–Kier alpha value is -0.930. The molecule has 1 saturated carbocycles. The van der Waals surface area contributed by atoms with Crippen molar-refractivity contribution in [3.63, 3.8) is 0 Å². The molecule has 2 unspecified atom stereocenters. The number of rotatable bonds is 2. The van der Waals surface area contributed by atoms with Crippen LogP contribution in [0.25, 0.3) is 0 Å². The Bertz CT molecular complexity index is 645. The van der Waals surface area contributed by atoms with Crippen molar-refractivity contribution in [2.45, 2.75) is 64.6 Å². The molecule has 1 aromatic rings. The number of nitrogens with zero attached hydrogens (tertiary/aromatic N) is 2. The number of piperidine rings is 1. The Kier molecular flexibility index (Phi) is 3.94. The molecule has 3 aliphatic heterocycles. The van der Waals surface area contributed by atoms with Crippen LogP contribution >= 0.6 is 0 Å². The second-order valence-electron chi connectivity index (χ2n) is 9.43. The fraction of sp³-hybridized carbons (Fsp3) is 0.773. The minimum atomic E-state index is 0.323. The average Bonchev–Trinajstić information content (AvgIpc) is 3.12. The van der Waals surface area contributed by atoms with Crippen molar-refractivity contribution in [3.8, 4) is 0 Å². The van der Waals surface area contributed by atoms with Crippen LogP contribution in [0.2, 0.25) is 0 Å². The third-order valence-electron chi connectivity index (χ3n) is 7.86. The van der Waals surface area contributed by atoms with Gasteiger partial charge in [-0.1, -0.05) is 27.2 Å². The number of ether oxygens (including phenoxy) is 1. The van der Waals surface area contributed by atoms with Crippen LogP contribution in [0.3, 0.4) is 0 Å².